The zero-order chi connectivity index (χ0) is 16.0. The Balaban J connectivity index is 1.85. The lowest BCUT2D eigenvalue weighted by molar-refractivity contribution is -0.119. The number of rotatable bonds is 2. The summed E-state index contributed by atoms with van der Waals surface area (Å²) in [6.07, 6.45) is 2.59. The summed E-state index contributed by atoms with van der Waals surface area (Å²) in [7, 11) is -0.496. The van der Waals surface area contributed by atoms with E-state index >= 15 is 0 Å². The normalized spacial score (nSPS) is 23.9. The lowest BCUT2D eigenvalue weighted by Crippen LogP contribution is -2.41. The van der Waals surface area contributed by atoms with Crippen LogP contribution in [0.2, 0.25) is 0 Å². The number of carbonyl (C=O) groups is 1. The maximum Gasteiger partial charge on any atom is 0.514 e. The minimum Gasteiger partial charge on any atom is -0.398 e. The molecule has 6 heteroatoms. The van der Waals surface area contributed by atoms with Gasteiger partial charge in [0.25, 0.3) is 0 Å². The Morgan fingerprint density at radius 1 is 1.14 bits per heavy atom. The van der Waals surface area contributed by atoms with Crippen LogP contribution in [0.1, 0.15) is 47.0 Å². The molecule has 0 N–H and O–H groups in total. The third kappa shape index (κ3) is 2.65. The van der Waals surface area contributed by atoms with E-state index in [2.05, 4.69) is 4.98 Å². The minimum atomic E-state index is -0.496. The summed E-state index contributed by atoms with van der Waals surface area (Å²) in [5.74, 6) is 0.835. The summed E-state index contributed by atoms with van der Waals surface area (Å²) in [6.45, 7) is 8.81. The first-order chi connectivity index (χ1) is 10.3. The lowest BCUT2D eigenvalue weighted by atomic mass is 9.84. The Labute approximate surface area is 132 Å². The van der Waals surface area contributed by atoms with Crippen LogP contribution in [0, 0.1) is 0 Å². The van der Waals surface area contributed by atoms with E-state index in [1.54, 1.807) is 4.90 Å². The molecular weight excluding hydrogens is 279 g/mol. The molecule has 1 amide bonds. The van der Waals surface area contributed by atoms with Crippen molar-refractivity contribution in [2.75, 3.05) is 11.4 Å². The summed E-state index contributed by atoms with van der Waals surface area (Å²) < 4.78 is 12.1. The number of aromatic nitrogens is 1. The van der Waals surface area contributed by atoms with Gasteiger partial charge in [-0.3, -0.25) is 9.69 Å². The van der Waals surface area contributed by atoms with Crippen molar-refractivity contribution in [3.8, 4) is 0 Å². The first-order valence-electron chi connectivity index (χ1n) is 7.93. The SMILES string of the molecule is CC1(C)OB(c2cccc(N3CCCCC3=O)n2)OC1(C)C. The van der Waals surface area contributed by atoms with Crippen molar-refractivity contribution in [2.45, 2.75) is 58.2 Å². The van der Waals surface area contributed by atoms with Crippen LogP contribution in [0.5, 0.6) is 0 Å². The van der Waals surface area contributed by atoms with Gasteiger partial charge in [-0.15, -0.1) is 0 Å². The largest absolute Gasteiger partial charge is 0.514 e. The summed E-state index contributed by atoms with van der Waals surface area (Å²) >= 11 is 0. The van der Waals surface area contributed by atoms with Gasteiger partial charge in [-0.1, -0.05) is 6.07 Å². The number of anilines is 1. The molecule has 2 saturated heterocycles. The smallest absolute Gasteiger partial charge is 0.398 e. The maximum atomic E-state index is 12.1. The van der Waals surface area contributed by atoms with Crippen molar-refractivity contribution >= 4 is 24.4 Å². The fourth-order valence-corrected chi connectivity index (χ4v) is 2.73. The van der Waals surface area contributed by atoms with E-state index in [0.29, 0.717) is 12.2 Å². The van der Waals surface area contributed by atoms with Crippen molar-refractivity contribution < 1.29 is 14.1 Å². The average Bonchev–Trinajstić information content (AvgIpc) is 2.68. The molecule has 3 heterocycles. The van der Waals surface area contributed by atoms with Crippen molar-refractivity contribution in [3.63, 3.8) is 0 Å². The lowest BCUT2D eigenvalue weighted by Gasteiger charge is -2.32. The van der Waals surface area contributed by atoms with E-state index in [1.165, 1.54) is 0 Å². The van der Waals surface area contributed by atoms with Crippen LogP contribution in [-0.2, 0) is 14.1 Å². The van der Waals surface area contributed by atoms with Gasteiger partial charge in [0, 0.05) is 13.0 Å². The van der Waals surface area contributed by atoms with Crippen LogP contribution in [-0.4, -0.2) is 35.8 Å². The highest BCUT2D eigenvalue weighted by Crippen LogP contribution is 2.36. The van der Waals surface area contributed by atoms with E-state index in [0.717, 1.165) is 25.0 Å². The van der Waals surface area contributed by atoms with Gasteiger partial charge in [-0.25, -0.2) is 4.98 Å². The summed E-state index contributed by atoms with van der Waals surface area (Å²) in [6, 6.07) is 5.67. The van der Waals surface area contributed by atoms with Crippen LogP contribution in [0.15, 0.2) is 18.2 Å². The number of piperidine rings is 1. The summed E-state index contributed by atoms with van der Waals surface area (Å²) in [4.78, 5) is 18.4. The number of hydrogen-bond acceptors (Lipinski definition) is 4. The van der Waals surface area contributed by atoms with Gasteiger partial charge in [0.15, 0.2) is 0 Å². The fraction of sp³-hybridized carbons (Fsp3) is 0.625. The molecule has 0 spiro atoms. The molecule has 0 atom stereocenters. The Hall–Kier alpha value is -1.40. The number of pyridine rings is 1. The standard InChI is InChI=1S/C16H23BN2O3/c1-15(2)16(3,4)22-17(21-15)12-8-7-9-13(18-12)19-11-6-5-10-14(19)20/h7-9H,5-6,10-11H2,1-4H3. The third-order valence-electron chi connectivity index (χ3n) is 4.85. The number of hydrogen-bond donors (Lipinski definition) is 0. The molecule has 5 nitrogen and oxygen atoms in total. The molecule has 118 valence electrons. The van der Waals surface area contributed by atoms with Crippen LogP contribution in [0.3, 0.4) is 0 Å². The monoisotopic (exact) mass is 302 g/mol. The van der Waals surface area contributed by atoms with Crippen molar-refractivity contribution in [1.29, 1.82) is 0 Å². The molecule has 0 aromatic carbocycles. The van der Waals surface area contributed by atoms with E-state index in [1.807, 2.05) is 45.9 Å². The molecule has 0 radical (unpaired) electrons. The second-order valence-electron chi connectivity index (χ2n) is 7.01. The predicted molar refractivity (Wildman–Crippen MR) is 86.2 cm³/mol. The Morgan fingerprint density at radius 2 is 1.82 bits per heavy atom. The Kier molecular flexibility index (Phi) is 3.77. The predicted octanol–water partition coefficient (Wildman–Crippen LogP) is 1.90. The van der Waals surface area contributed by atoms with E-state index in [9.17, 15) is 4.79 Å². The minimum absolute atomic E-state index is 0.143. The van der Waals surface area contributed by atoms with Gasteiger partial charge in [0.05, 0.1) is 16.8 Å². The zero-order valence-corrected chi connectivity index (χ0v) is 13.8. The third-order valence-corrected chi connectivity index (χ3v) is 4.85. The quantitative estimate of drug-likeness (QED) is 0.783. The molecule has 3 rings (SSSR count). The Morgan fingerprint density at radius 3 is 2.45 bits per heavy atom. The van der Waals surface area contributed by atoms with Crippen LogP contribution >= 0.6 is 0 Å². The first-order valence-corrected chi connectivity index (χ1v) is 7.93. The number of amides is 1. The summed E-state index contributed by atoms with van der Waals surface area (Å²) in [5, 5.41) is 0. The molecule has 22 heavy (non-hydrogen) atoms. The topological polar surface area (TPSA) is 51.7 Å². The van der Waals surface area contributed by atoms with Gasteiger partial charge >= 0.3 is 7.12 Å². The molecule has 1 aromatic heterocycles. The van der Waals surface area contributed by atoms with Gasteiger partial charge in [0.1, 0.15) is 5.82 Å². The maximum absolute atomic E-state index is 12.1. The molecule has 2 aliphatic heterocycles. The second kappa shape index (κ2) is 5.35. The fourth-order valence-electron chi connectivity index (χ4n) is 2.73. The van der Waals surface area contributed by atoms with Crippen molar-refractivity contribution in [2.24, 2.45) is 0 Å². The number of carbonyl (C=O) groups excluding carboxylic acids is 1. The highest BCUT2D eigenvalue weighted by molar-refractivity contribution is 6.61. The van der Waals surface area contributed by atoms with Gasteiger partial charge in [-0.05, 0) is 52.7 Å². The summed E-state index contributed by atoms with van der Waals surface area (Å²) in [5.41, 5.74) is -0.0680. The highest BCUT2D eigenvalue weighted by atomic mass is 16.7. The number of nitrogens with zero attached hydrogens (tertiary/aromatic N) is 2. The van der Waals surface area contributed by atoms with E-state index < -0.39 is 18.3 Å². The van der Waals surface area contributed by atoms with E-state index in [-0.39, 0.29) is 5.91 Å². The van der Waals surface area contributed by atoms with Crippen LogP contribution in [0.25, 0.3) is 0 Å². The molecule has 2 aliphatic rings. The zero-order valence-electron chi connectivity index (χ0n) is 13.8. The Bertz CT molecular complexity index is 573. The van der Waals surface area contributed by atoms with Crippen molar-refractivity contribution in [1.82, 2.24) is 4.98 Å². The van der Waals surface area contributed by atoms with Gasteiger partial charge in [0.2, 0.25) is 5.91 Å². The molecule has 1 aromatic rings. The molecule has 0 aliphatic carbocycles. The van der Waals surface area contributed by atoms with Gasteiger partial charge in [-0.2, -0.15) is 0 Å². The average molecular weight is 302 g/mol. The molecule has 0 bridgehead atoms. The molecule has 2 fully saturated rings. The first kappa shape index (κ1) is 15.5. The van der Waals surface area contributed by atoms with Crippen LogP contribution < -0.4 is 10.5 Å². The van der Waals surface area contributed by atoms with E-state index in [4.69, 9.17) is 9.31 Å². The van der Waals surface area contributed by atoms with Crippen molar-refractivity contribution in [3.05, 3.63) is 18.2 Å². The highest BCUT2D eigenvalue weighted by Gasteiger charge is 2.52. The molecule has 0 saturated carbocycles. The molecular formula is C16H23BN2O3. The molecule has 0 unspecified atom stereocenters. The second-order valence-corrected chi connectivity index (χ2v) is 7.01. The van der Waals surface area contributed by atoms with Gasteiger partial charge < -0.3 is 9.31 Å². The van der Waals surface area contributed by atoms with Crippen LogP contribution in [0.4, 0.5) is 5.82 Å².